The van der Waals surface area contributed by atoms with E-state index in [1.165, 1.54) is 6.92 Å². The van der Waals surface area contributed by atoms with Crippen LogP contribution in [0, 0.1) is 0 Å². The standard InChI is InChI=1S/C23H24N2O2/c1-16(20-14-8-12-18-9-6-7-13-21(18)20)24-23(27)15-22(25-17(2)26)19-10-4-3-5-11-19/h3-14,16,22H,15H2,1-2H3,(H,24,27)(H,25,26). The Morgan fingerprint density at radius 1 is 0.852 bits per heavy atom. The number of hydrogen-bond donors (Lipinski definition) is 2. The predicted molar refractivity (Wildman–Crippen MR) is 108 cm³/mol. The van der Waals surface area contributed by atoms with Crippen molar-refractivity contribution < 1.29 is 9.59 Å². The van der Waals surface area contributed by atoms with E-state index in [0.29, 0.717) is 0 Å². The van der Waals surface area contributed by atoms with E-state index < -0.39 is 0 Å². The largest absolute Gasteiger partial charge is 0.349 e. The molecule has 4 nitrogen and oxygen atoms in total. The molecule has 0 saturated heterocycles. The Kier molecular flexibility index (Phi) is 5.87. The van der Waals surface area contributed by atoms with Crippen molar-refractivity contribution in [1.82, 2.24) is 10.6 Å². The molecular weight excluding hydrogens is 336 g/mol. The normalized spacial score (nSPS) is 13.0. The molecule has 3 aromatic carbocycles. The fourth-order valence-corrected chi connectivity index (χ4v) is 3.37. The van der Waals surface area contributed by atoms with Crippen LogP contribution in [0.25, 0.3) is 10.8 Å². The summed E-state index contributed by atoms with van der Waals surface area (Å²) >= 11 is 0. The third-order valence-electron chi connectivity index (χ3n) is 4.64. The van der Waals surface area contributed by atoms with E-state index in [1.54, 1.807) is 0 Å². The quantitative estimate of drug-likeness (QED) is 0.689. The second-order valence-electron chi connectivity index (χ2n) is 6.73. The number of rotatable bonds is 6. The molecule has 0 bridgehead atoms. The monoisotopic (exact) mass is 360 g/mol. The minimum absolute atomic E-state index is 0.0990. The molecule has 0 heterocycles. The summed E-state index contributed by atoms with van der Waals surface area (Å²) in [7, 11) is 0. The summed E-state index contributed by atoms with van der Waals surface area (Å²) in [5.74, 6) is -0.253. The first kappa shape index (κ1) is 18.6. The lowest BCUT2D eigenvalue weighted by Gasteiger charge is -2.21. The molecule has 0 fully saturated rings. The average molecular weight is 360 g/mol. The van der Waals surface area contributed by atoms with Crippen LogP contribution in [0.2, 0.25) is 0 Å². The molecule has 2 atom stereocenters. The van der Waals surface area contributed by atoms with Gasteiger partial charge in [0, 0.05) is 6.92 Å². The molecule has 4 heteroatoms. The van der Waals surface area contributed by atoms with Crippen molar-refractivity contribution in [3.8, 4) is 0 Å². The van der Waals surface area contributed by atoms with E-state index >= 15 is 0 Å². The lowest BCUT2D eigenvalue weighted by atomic mass is 9.99. The number of hydrogen-bond acceptors (Lipinski definition) is 2. The van der Waals surface area contributed by atoms with Crippen LogP contribution in [0.4, 0.5) is 0 Å². The number of benzene rings is 3. The highest BCUT2D eigenvalue weighted by Gasteiger charge is 2.19. The highest BCUT2D eigenvalue weighted by molar-refractivity contribution is 5.87. The van der Waals surface area contributed by atoms with Gasteiger partial charge in [-0.1, -0.05) is 72.8 Å². The van der Waals surface area contributed by atoms with Gasteiger partial charge in [-0.3, -0.25) is 9.59 Å². The van der Waals surface area contributed by atoms with Gasteiger partial charge in [-0.25, -0.2) is 0 Å². The maximum Gasteiger partial charge on any atom is 0.222 e. The third kappa shape index (κ3) is 4.73. The van der Waals surface area contributed by atoms with E-state index in [0.717, 1.165) is 21.9 Å². The van der Waals surface area contributed by atoms with E-state index in [-0.39, 0.29) is 30.3 Å². The minimum atomic E-state index is -0.344. The second kappa shape index (κ2) is 8.49. The van der Waals surface area contributed by atoms with Crippen molar-refractivity contribution in [2.45, 2.75) is 32.4 Å². The molecule has 2 unspecified atom stereocenters. The first-order valence-corrected chi connectivity index (χ1v) is 9.13. The first-order valence-electron chi connectivity index (χ1n) is 9.13. The van der Waals surface area contributed by atoms with Crippen molar-refractivity contribution >= 4 is 22.6 Å². The molecule has 0 aliphatic heterocycles. The summed E-state index contributed by atoms with van der Waals surface area (Å²) in [5, 5.41) is 8.22. The molecule has 2 N–H and O–H groups in total. The van der Waals surface area contributed by atoms with Crippen molar-refractivity contribution in [1.29, 1.82) is 0 Å². The summed E-state index contributed by atoms with van der Waals surface area (Å²) in [6.45, 7) is 3.45. The van der Waals surface area contributed by atoms with E-state index in [4.69, 9.17) is 0 Å². The number of carbonyl (C=O) groups is 2. The van der Waals surface area contributed by atoms with Crippen molar-refractivity contribution in [3.05, 3.63) is 83.9 Å². The van der Waals surface area contributed by atoms with Gasteiger partial charge in [0.2, 0.25) is 11.8 Å². The van der Waals surface area contributed by atoms with Crippen molar-refractivity contribution in [2.24, 2.45) is 0 Å². The summed E-state index contributed by atoms with van der Waals surface area (Å²) < 4.78 is 0. The lowest BCUT2D eigenvalue weighted by Crippen LogP contribution is -2.33. The number of nitrogens with one attached hydrogen (secondary N) is 2. The lowest BCUT2D eigenvalue weighted by molar-refractivity contribution is -0.123. The molecule has 3 rings (SSSR count). The van der Waals surface area contributed by atoms with Crippen LogP contribution in [0.3, 0.4) is 0 Å². The third-order valence-corrected chi connectivity index (χ3v) is 4.64. The Morgan fingerprint density at radius 2 is 1.52 bits per heavy atom. The molecule has 27 heavy (non-hydrogen) atoms. The van der Waals surface area contributed by atoms with Crippen LogP contribution in [0.1, 0.15) is 43.5 Å². The molecule has 0 spiro atoms. The van der Waals surface area contributed by atoms with Crippen LogP contribution in [0.15, 0.2) is 72.8 Å². The van der Waals surface area contributed by atoms with Gasteiger partial charge in [-0.2, -0.15) is 0 Å². The molecule has 2 amide bonds. The molecule has 3 aromatic rings. The molecule has 0 aromatic heterocycles. The molecule has 0 aliphatic carbocycles. The number of amides is 2. The second-order valence-corrected chi connectivity index (χ2v) is 6.73. The van der Waals surface area contributed by atoms with E-state index in [9.17, 15) is 9.59 Å². The summed E-state index contributed by atoms with van der Waals surface area (Å²) in [5.41, 5.74) is 2.00. The Morgan fingerprint density at radius 3 is 2.26 bits per heavy atom. The summed E-state index contributed by atoms with van der Waals surface area (Å²) in [6, 6.07) is 23.3. The van der Waals surface area contributed by atoms with Gasteiger partial charge in [-0.05, 0) is 28.8 Å². The topological polar surface area (TPSA) is 58.2 Å². The Balaban J connectivity index is 1.74. The molecule has 0 saturated carbocycles. The van der Waals surface area contributed by atoms with Crippen molar-refractivity contribution in [3.63, 3.8) is 0 Å². The fraction of sp³-hybridized carbons (Fsp3) is 0.217. The zero-order chi connectivity index (χ0) is 19.2. The minimum Gasteiger partial charge on any atom is -0.349 e. The van der Waals surface area contributed by atoms with Gasteiger partial charge in [0.15, 0.2) is 0 Å². The SMILES string of the molecule is CC(=O)NC(CC(=O)NC(C)c1cccc2ccccc12)c1ccccc1. The zero-order valence-corrected chi connectivity index (χ0v) is 15.6. The Bertz CT molecular complexity index is 932. The van der Waals surface area contributed by atoms with Crippen LogP contribution in [0.5, 0.6) is 0 Å². The maximum atomic E-state index is 12.7. The summed E-state index contributed by atoms with van der Waals surface area (Å²) in [4.78, 5) is 24.2. The Hall–Kier alpha value is -3.14. The predicted octanol–water partition coefficient (Wildman–Crippen LogP) is 4.28. The van der Waals surface area contributed by atoms with Gasteiger partial charge < -0.3 is 10.6 Å². The van der Waals surface area contributed by atoms with Gasteiger partial charge in [0.25, 0.3) is 0 Å². The molecule has 0 aliphatic rings. The number of carbonyl (C=O) groups excluding carboxylic acids is 2. The average Bonchev–Trinajstić information content (AvgIpc) is 2.67. The zero-order valence-electron chi connectivity index (χ0n) is 15.6. The Labute approximate surface area is 159 Å². The van der Waals surface area contributed by atoms with Gasteiger partial charge in [0.05, 0.1) is 18.5 Å². The highest BCUT2D eigenvalue weighted by Crippen LogP contribution is 2.24. The number of fused-ring (bicyclic) bond motifs is 1. The first-order chi connectivity index (χ1) is 13.0. The summed E-state index contributed by atoms with van der Waals surface area (Å²) in [6.07, 6.45) is 0.193. The van der Waals surface area contributed by atoms with Crippen LogP contribution < -0.4 is 10.6 Å². The van der Waals surface area contributed by atoms with Gasteiger partial charge in [-0.15, -0.1) is 0 Å². The maximum absolute atomic E-state index is 12.7. The molecule has 138 valence electrons. The molecule has 0 radical (unpaired) electrons. The van der Waals surface area contributed by atoms with E-state index in [1.807, 2.05) is 61.5 Å². The molecular formula is C23H24N2O2. The highest BCUT2D eigenvalue weighted by atomic mass is 16.2. The van der Waals surface area contributed by atoms with Crippen LogP contribution in [-0.2, 0) is 9.59 Å². The smallest absolute Gasteiger partial charge is 0.222 e. The van der Waals surface area contributed by atoms with Crippen molar-refractivity contribution in [2.75, 3.05) is 0 Å². The van der Waals surface area contributed by atoms with E-state index in [2.05, 4.69) is 28.8 Å². The van der Waals surface area contributed by atoms with Gasteiger partial charge in [0.1, 0.15) is 0 Å². The van der Waals surface area contributed by atoms with Crippen LogP contribution >= 0.6 is 0 Å². The fourth-order valence-electron chi connectivity index (χ4n) is 3.37. The van der Waals surface area contributed by atoms with Crippen LogP contribution in [-0.4, -0.2) is 11.8 Å². The van der Waals surface area contributed by atoms with Gasteiger partial charge >= 0.3 is 0 Å².